The fraction of sp³-hybridized carbons (Fsp3) is 0.364. The Balaban J connectivity index is 0.00000289. The Morgan fingerprint density at radius 1 is 1.44 bits per heavy atom. The van der Waals surface area contributed by atoms with E-state index in [9.17, 15) is 13.6 Å². The normalized spacial score (nSPS) is 11.6. The summed E-state index contributed by atoms with van der Waals surface area (Å²) in [6.07, 6.45) is 0. The number of carbonyl (C=O) groups excluding carboxylic acids is 1. The van der Waals surface area contributed by atoms with Crippen molar-refractivity contribution in [3.8, 4) is 0 Å². The number of hydrogen-bond acceptors (Lipinski definition) is 3. The van der Waals surface area contributed by atoms with Crippen LogP contribution >= 0.6 is 24.2 Å². The van der Waals surface area contributed by atoms with Crippen LogP contribution in [0.3, 0.4) is 0 Å². The first-order valence-electron chi connectivity index (χ1n) is 5.10. The molecule has 1 atom stereocenters. The van der Waals surface area contributed by atoms with E-state index in [1.807, 2.05) is 0 Å². The van der Waals surface area contributed by atoms with Crippen LogP contribution in [0.15, 0.2) is 23.1 Å². The van der Waals surface area contributed by atoms with Gasteiger partial charge in [-0.1, -0.05) is 0 Å². The van der Waals surface area contributed by atoms with Gasteiger partial charge < -0.3 is 11.1 Å². The van der Waals surface area contributed by atoms with Gasteiger partial charge in [-0.25, -0.2) is 8.78 Å². The van der Waals surface area contributed by atoms with E-state index < -0.39 is 11.6 Å². The highest BCUT2D eigenvalue weighted by molar-refractivity contribution is 8.00. The van der Waals surface area contributed by atoms with Crippen molar-refractivity contribution in [1.82, 2.24) is 5.32 Å². The average Bonchev–Trinajstić information content (AvgIpc) is 2.30. The first-order chi connectivity index (χ1) is 8.02. The van der Waals surface area contributed by atoms with E-state index in [1.165, 1.54) is 6.07 Å². The van der Waals surface area contributed by atoms with E-state index in [2.05, 4.69) is 5.32 Å². The molecule has 0 unspecified atom stereocenters. The first kappa shape index (κ1) is 17.2. The molecule has 0 saturated carbocycles. The molecule has 0 saturated heterocycles. The molecule has 0 aliphatic rings. The minimum Gasteiger partial charge on any atom is -0.352 e. The van der Waals surface area contributed by atoms with Crippen molar-refractivity contribution >= 4 is 30.1 Å². The zero-order chi connectivity index (χ0) is 12.8. The van der Waals surface area contributed by atoms with Crippen LogP contribution < -0.4 is 11.1 Å². The summed E-state index contributed by atoms with van der Waals surface area (Å²) < 4.78 is 25.5. The molecule has 1 rings (SSSR count). The van der Waals surface area contributed by atoms with Crippen molar-refractivity contribution in [3.63, 3.8) is 0 Å². The Morgan fingerprint density at radius 3 is 2.67 bits per heavy atom. The zero-order valence-corrected chi connectivity index (χ0v) is 11.4. The van der Waals surface area contributed by atoms with Crippen LogP contribution in [0.2, 0.25) is 0 Å². The van der Waals surface area contributed by atoms with Gasteiger partial charge in [0.25, 0.3) is 0 Å². The van der Waals surface area contributed by atoms with Crippen LogP contribution in [0.5, 0.6) is 0 Å². The SMILES string of the molecule is C[C@@H](CN)NC(=O)CSc1ccc(F)c(F)c1.Cl. The third kappa shape index (κ3) is 5.66. The number of nitrogens with two attached hydrogens (primary N) is 1. The molecule has 0 aromatic heterocycles. The maximum atomic E-state index is 12.9. The molecule has 0 bridgehead atoms. The summed E-state index contributed by atoms with van der Waals surface area (Å²) in [5, 5.41) is 2.67. The van der Waals surface area contributed by atoms with E-state index in [-0.39, 0.29) is 30.1 Å². The Labute approximate surface area is 115 Å². The predicted octanol–water partition coefficient (Wildman–Crippen LogP) is 1.94. The van der Waals surface area contributed by atoms with Gasteiger partial charge in [-0.3, -0.25) is 4.79 Å². The van der Waals surface area contributed by atoms with E-state index in [1.54, 1.807) is 6.92 Å². The molecule has 3 nitrogen and oxygen atoms in total. The molecule has 1 aromatic rings. The number of nitrogens with one attached hydrogen (secondary N) is 1. The first-order valence-corrected chi connectivity index (χ1v) is 6.08. The third-order valence-corrected chi connectivity index (χ3v) is 3.02. The highest BCUT2D eigenvalue weighted by Gasteiger charge is 2.08. The van der Waals surface area contributed by atoms with Gasteiger partial charge in [-0.2, -0.15) is 0 Å². The monoisotopic (exact) mass is 296 g/mol. The number of thioether (sulfide) groups is 1. The summed E-state index contributed by atoms with van der Waals surface area (Å²) in [6.45, 7) is 2.15. The number of rotatable bonds is 5. The van der Waals surface area contributed by atoms with Crippen LogP contribution in [0.4, 0.5) is 8.78 Å². The molecule has 0 heterocycles. The molecule has 7 heteroatoms. The van der Waals surface area contributed by atoms with Gasteiger partial charge in [-0.15, -0.1) is 24.2 Å². The summed E-state index contributed by atoms with van der Waals surface area (Å²) in [6, 6.07) is 3.45. The molecular weight excluding hydrogens is 282 g/mol. The fourth-order valence-corrected chi connectivity index (χ4v) is 1.82. The second kappa shape index (κ2) is 8.29. The van der Waals surface area contributed by atoms with E-state index >= 15 is 0 Å². The van der Waals surface area contributed by atoms with Crippen molar-refractivity contribution < 1.29 is 13.6 Å². The minimum absolute atomic E-state index is 0. The standard InChI is InChI=1S/C11H14F2N2OS.ClH/c1-7(5-14)15-11(16)6-17-8-2-3-9(12)10(13)4-8;/h2-4,7H,5-6,14H2,1H3,(H,15,16);1H/t7-;/m0./s1. The van der Waals surface area contributed by atoms with Crippen molar-refractivity contribution in [2.75, 3.05) is 12.3 Å². The van der Waals surface area contributed by atoms with Gasteiger partial charge in [0, 0.05) is 17.5 Å². The second-order valence-corrected chi connectivity index (χ2v) is 4.62. The average molecular weight is 297 g/mol. The quantitative estimate of drug-likeness (QED) is 0.817. The van der Waals surface area contributed by atoms with Crippen molar-refractivity contribution in [1.29, 1.82) is 0 Å². The van der Waals surface area contributed by atoms with E-state index in [0.29, 0.717) is 11.4 Å². The van der Waals surface area contributed by atoms with Crippen LogP contribution in [0, 0.1) is 11.6 Å². The third-order valence-electron chi connectivity index (χ3n) is 2.02. The largest absolute Gasteiger partial charge is 0.352 e. The van der Waals surface area contributed by atoms with Gasteiger partial charge >= 0.3 is 0 Å². The van der Waals surface area contributed by atoms with Gasteiger partial charge in [0.1, 0.15) is 0 Å². The summed E-state index contributed by atoms with van der Waals surface area (Å²) in [7, 11) is 0. The highest BCUT2D eigenvalue weighted by Crippen LogP contribution is 2.19. The molecule has 1 aromatic carbocycles. The summed E-state index contributed by atoms with van der Waals surface area (Å²) in [5.74, 6) is -1.84. The lowest BCUT2D eigenvalue weighted by atomic mass is 10.3. The molecule has 1 amide bonds. The topological polar surface area (TPSA) is 55.1 Å². The number of halogens is 3. The number of carbonyl (C=O) groups is 1. The number of benzene rings is 1. The maximum Gasteiger partial charge on any atom is 0.230 e. The molecule has 18 heavy (non-hydrogen) atoms. The summed E-state index contributed by atoms with van der Waals surface area (Å²) in [5.41, 5.74) is 5.35. The Bertz CT molecular complexity index is 407. The van der Waals surface area contributed by atoms with Crippen molar-refractivity contribution in [2.45, 2.75) is 17.9 Å². The van der Waals surface area contributed by atoms with Crippen LogP contribution in [0.1, 0.15) is 6.92 Å². The Hall–Kier alpha value is -0.850. The van der Waals surface area contributed by atoms with Crippen LogP contribution in [-0.4, -0.2) is 24.2 Å². The van der Waals surface area contributed by atoms with Crippen LogP contribution in [0.25, 0.3) is 0 Å². The van der Waals surface area contributed by atoms with Gasteiger partial charge in [0.15, 0.2) is 11.6 Å². The molecule has 0 radical (unpaired) electrons. The van der Waals surface area contributed by atoms with Gasteiger partial charge in [0.2, 0.25) is 5.91 Å². The Kier molecular flexibility index (Phi) is 7.90. The van der Waals surface area contributed by atoms with Gasteiger partial charge in [0.05, 0.1) is 5.75 Å². The van der Waals surface area contributed by atoms with Crippen LogP contribution in [-0.2, 0) is 4.79 Å². The second-order valence-electron chi connectivity index (χ2n) is 3.57. The lowest BCUT2D eigenvalue weighted by Gasteiger charge is -2.10. The molecular formula is C11H15ClF2N2OS. The molecule has 0 aliphatic carbocycles. The van der Waals surface area contributed by atoms with Crippen molar-refractivity contribution in [2.24, 2.45) is 5.73 Å². The highest BCUT2D eigenvalue weighted by atomic mass is 35.5. The van der Waals surface area contributed by atoms with Gasteiger partial charge in [-0.05, 0) is 25.1 Å². The molecule has 0 spiro atoms. The number of amides is 1. The number of hydrogen-bond donors (Lipinski definition) is 2. The Morgan fingerprint density at radius 2 is 2.11 bits per heavy atom. The lowest BCUT2D eigenvalue weighted by molar-refractivity contribution is -0.119. The summed E-state index contributed by atoms with van der Waals surface area (Å²) >= 11 is 1.14. The van der Waals surface area contributed by atoms with Crippen molar-refractivity contribution in [3.05, 3.63) is 29.8 Å². The lowest BCUT2D eigenvalue weighted by Crippen LogP contribution is -2.38. The molecule has 3 N–H and O–H groups in total. The molecule has 0 aliphatic heterocycles. The predicted molar refractivity (Wildman–Crippen MR) is 71.0 cm³/mol. The smallest absolute Gasteiger partial charge is 0.230 e. The maximum absolute atomic E-state index is 12.9. The van der Waals surface area contributed by atoms with E-state index in [0.717, 1.165) is 23.9 Å². The van der Waals surface area contributed by atoms with E-state index in [4.69, 9.17) is 5.73 Å². The summed E-state index contributed by atoms with van der Waals surface area (Å²) in [4.78, 5) is 11.9. The fourth-order valence-electron chi connectivity index (χ4n) is 1.09. The molecule has 0 fully saturated rings. The minimum atomic E-state index is -0.911. The molecule has 102 valence electrons. The zero-order valence-electron chi connectivity index (χ0n) is 9.78.